The summed E-state index contributed by atoms with van der Waals surface area (Å²) < 4.78 is 0. The van der Waals surface area contributed by atoms with Crippen LogP contribution in [0.5, 0.6) is 0 Å². The van der Waals surface area contributed by atoms with Gasteiger partial charge in [-0.05, 0) is 108 Å². The van der Waals surface area contributed by atoms with Gasteiger partial charge in [-0.15, -0.1) is 0 Å². The zero-order valence-electron chi connectivity index (χ0n) is 22.8. The molecule has 8 aromatic rings. The summed E-state index contributed by atoms with van der Waals surface area (Å²) in [6, 6.07) is 48.9. The first-order valence-electron chi connectivity index (χ1n) is 14.1. The van der Waals surface area contributed by atoms with Crippen LogP contribution in [-0.4, -0.2) is 4.98 Å². The molecule has 41 heavy (non-hydrogen) atoms. The zero-order valence-corrected chi connectivity index (χ0v) is 22.8. The SMILES string of the molecule is Cc1ccncc1-c1ccc2c(-c3ccc4ccccc4c3)c3ccccc3c(-c3ccc4ccccc4c3)c2c1. The first kappa shape index (κ1) is 23.6. The molecule has 0 amide bonds. The van der Waals surface area contributed by atoms with E-state index in [1.54, 1.807) is 0 Å². The van der Waals surface area contributed by atoms with Crippen LogP contribution < -0.4 is 0 Å². The Morgan fingerprint density at radius 2 is 0.927 bits per heavy atom. The van der Waals surface area contributed by atoms with Crippen molar-refractivity contribution in [1.29, 1.82) is 0 Å². The van der Waals surface area contributed by atoms with Gasteiger partial charge in [0.15, 0.2) is 0 Å². The predicted molar refractivity (Wildman–Crippen MR) is 175 cm³/mol. The van der Waals surface area contributed by atoms with E-state index in [0.29, 0.717) is 0 Å². The molecule has 0 N–H and O–H groups in total. The van der Waals surface area contributed by atoms with Crippen molar-refractivity contribution in [2.75, 3.05) is 0 Å². The van der Waals surface area contributed by atoms with Gasteiger partial charge in [-0.25, -0.2) is 0 Å². The van der Waals surface area contributed by atoms with Gasteiger partial charge in [0.1, 0.15) is 0 Å². The highest BCUT2D eigenvalue weighted by Crippen LogP contribution is 2.45. The third-order valence-corrected chi connectivity index (χ3v) is 8.45. The molecule has 1 heterocycles. The third-order valence-electron chi connectivity index (χ3n) is 8.45. The highest BCUT2D eigenvalue weighted by Gasteiger charge is 2.18. The normalized spacial score (nSPS) is 11.5. The monoisotopic (exact) mass is 521 g/mol. The molecular formula is C40H27N. The van der Waals surface area contributed by atoms with E-state index < -0.39 is 0 Å². The van der Waals surface area contributed by atoms with Gasteiger partial charge in [0, 0.05) is 18.0 Å². The summed E-state index contributed by atoms with van der Waals surface area (Å²) in [4.78, 5) is 4.46. The smallest absolute Gasteiger partial charge is 0.0349 e. The molecule has 0 aliphatic heterocycles. The van der Waals surface area contributed by atoms with Gasteiger partial charge in [-0.3, -0.25) is 4.98 Å². The molecule has 0 aliphatic carbocycles. The fourth-order valence-corrected chi connectivity index (χ4v) is 6.42. The van der Waals surface area contributed by atoms with Crippen molar-refractivity contribution in [2.24, 2.45) is 0 Å². The molecular weight excluding hydrogens is 494 g/mol. The Hall–Kier alpha value is -5.27. The second kappa shape index (κ2) is 9.43. The molecule has 0 aliphatic rings. The Balaban J connectivity index is 1.52. The van der Waals surface area contributed by atoms with Gasteiger partial charge in [0.05, 0.1) is 0 Å². The second-order valence-electron chi connectivity index (χ2n) is 10.9. The van der Waals surface area contributed by atoms with Crippen LogP contribution in [-0.2, 0) is 0 Å². The van der Waals surface area contributed by atoms with Gasteiger partial charge in [0.2, 0.25) is 0 Å². The van der Waals surface area contributed by atoms with E-state index in [9.17, 15) is 0 Å². The lowest BCUT2D eigenvalue weighted by Gasteiger charge is -2.19. The first-order chi connectivity index (χ1) is 20.2. The fourth-order valence-electron chi connectivity index (χ4n) is 6.42. The van der Waals surface area contributed by atoms with Crippen molar-refractivity contribution in [1.82, 2.24) is 4.98 Å². The van der Waals surface area contributed by atoms with E-state index >= 15 is 0 Å². The van der Waals surface area contributed by atoms with Crippen LogP contribution in [0.2, 0.25) is 0 Å². The molecule has 0 saturated heterocycles. The molecule has 1 heteroatoms. The summed E-state index contributed by atoms with van der Waals surface area (Å²) in [5.74, 6) is 0. The number of fused-ring (bicyclic) bond motifs is 4. The average Bonchev–Trinajstić information content (AvgIpc) is 3.03. The van der Waals surface area contributed by atoms with E-state index in [2.05, 4.69) is 145 Å². The van der Waals surface area contributed by atoms with E-state index in [4.69, 9.17) is 0 Å². The molecule has 7 aromatic carbocycles. The van der Waals surface area contributed by atoms with E-state index in [-0.39, 0.29) is 0 Å². The first-order valence-corrected chi connectivity index (χ1v) is 14.1. The number of hydrogen-bond acceptors (Lipinski definition) is 1. The molecule has 0 atom stereocenters. The van der Waals surface area contributed by atoms with Gasteiger partial charge in [-0.1, -0.05) is 109 Å². The number of benzene rings is 7. The minimum absolute atomic E-state index is 1.17. The fraction of sp³-hybridized carbons (Fsp3) is 0.0250. The minimum atomic E-state index is 1.17. The third kappa shape index (κ3) is 3.90. The lowest BCUT2D eigenvalue weighted by molar-refractivity contribution is 1.29. The summed E-state index contributed by atoms with van der Waals surface area (Å²) in [6.07, 6.45) is 3.85. The quantitative estimate of drug-likeness (QED) is 0.211. The van der Waals surface area contributed by atoms with Crippen LogP contribution >= 0.6 is 0 Å². The number of rotatable bonds is 3. The Kier molecular flexibility index (Phi) is 5.43. The number of nitrogens with zero attached hydrogens (tertiary/aromatic N) is 1. The molecule has 0 radical (unpaired) electrons. The highest BCUT2D eigenvalue weighted by molar-refractivity contribution is 6.22. The Bertz CT molecular complexity index is 2270. The van der Waals surface area contributed by atoms with Crippen molar-refractivity contribution in [3.63, 3.8) is 0 Å². The van der Waals surface area contributed by atoms with Crippen molar-refractivity contribution in [3.05, 3.63) is 151 Å². The van der Waals surface area contributed by atoms with Crippen LogP contribution in [0.15, 0.2) is 146 Å². The molecule has 0 bridgehead atoms. The summed E-state index contributed by atoms with van der Waals surface area (Å²) in [5, 5.41) is 10.1. The van der Waals surface area contributed by atoms with Crippen molar-refractivity contribution in [3.8, 4) is 33.4 Å². The zero-order chi connectivity index (χ0) is 27.3. The maximum atomic E-state index is 4.46. The summed E-state index contributed by atoms with van der Waals surface area (Å²) in [6.45, 7) is 2.16. The number of pyridine rings is 1. The summed E-state index contributed by atoms with van der Waals surface area (Å²) in [5.41, 5.74) is 8.59. The van der Waals surface area contributed by atoms with Crippen molar-refractivity contribution in [2.45, 2.75) is 6.92 Å². The van der Waals surface area contributed by atoms with Gasteiger partial charge in [-0.2, -0.15) is 0 Å². The van der Waals surface area contributed by atoms with Crippen LogP contribution in [0.3, 0.4) is 0 Å². The Morgan fingerprint density at radius 1 is 0.415 bits per heavy atom. The lowest BCUT2D eigenvalue weighted by Crippen LogP contribution is -1.93. The number of aromatic nitrogens is 1. The largest absolute Gasteiger partial charge is 0.264 e. The van der Waals surface area contributed by atoms with E-state index in [1.165, 1.54) is 82.0 Å². The molecule has 1 nitrogen and oxygen atoms in total. The van der Waals surface area contributed by atoms with E-state index in [0.717, 1.165) is 0 Å². The van der Waals surface area contributed by atoms with Gasteiger partial charge in [0.25, 0.3) is 0 Å². The second-order valence-corrected chi connectivity index (χ2v) is 10.9. The van der Waals surface area contributed by atoms with Crippen LogP contribution in [0.25, 0.3) is 76.5 Å². The number of aryl methyl sites for hydroxylation is 1. The topological polar surface area (TPSA) is 12.9 Å². The highest BCUT2D eigenvalue weighted by atomic mass is 14.6. The molecule has 1 aromatic heterocycles. The molecule has 0 unspecified atom stereocenters. The maximum absolute atomic E-state index is 4.46. The summed E-state index contributed by atoms with van der Waals surface area (Å²) >= 11 is 0. The van der Waals surface area contributed by atoms with Gasteiger partial charge >= 0.3 is 0 Å². The lowest BCUT2D eigenvalue weighted by atomic mass is 9.84. The van der Waals surface area contributed by atoms with Crippen molar-refractivity contribution < 1.29 is 0 Å². The van der Waals surface area contributed by atoms with Crippen LogP contribution in [0.4, 0.5) is 0 Å². The Labute approximate surface area is 239 Å². The average molecular weight is 522 g/mol. The van der Waals surface area contributed by atoms with Crippen molar-refractivity contribution >= 4 is 43.1 Å². The minimum Gasteiger partial charge on any atom is -0.264 e. The molecule has 0 fully saturated rings. The Morgan fingerprint density at radius 3 is 1.54 bits per heavy atom. The molecule has 0 spiro atoms. The standard InChI is InChI=1S/C40H27N/c1-26-20-21-41-25-38(26)31-18-19-36-37(24-31)40(33-17-15-28-9-3-5-11-30(28)23-33)35-13-7-6-12-34(35)39(36)32-16-14-27-8-2-4-10-29(27)22-32/h2-25H,1H3. The molecule has 0 saturated carbocycles. The maximum Gasteiger partial charge on any atom is 0.0349 e. The van der Waals surface area contributed by atoms with Crippen LogP contribution in [0.1, 0.15) is 5.56 Å². The summed E-state index contributed by atoms with van der Waals surface area (Å²) in [7, 11) is 0. The van der Waals surface area contributed by atoms with Crippen LogP contribution in [0, 0.1) is 6.92 Å². The van der Waals surface area contributed by atoms with Gasteiger partial charge < -0.3 is 0 Å². The van der Waals surface area contributed by atoms with E-state index in [1.807, 2.05) is 12.4 Å². The molecule has 8 rings (SSSR count). The molecule has 192 valence electrons. The number of hydrogen-bond donors (Lipinski definition) is 0. The predicted octanol–water partition coefficient (Wildman–Crippen LogP) is 11.0.